The van der Waals surface area contributed by atoms with Gasteiger partial charge >= 0.3 is 0 Å². The zero-order valence-corrected chi connectivity index (χ0v) is 73.0. The van der Waals surface area contributed by atoms with Gasteiger partial charge in [0.25, 0.3) is 0 Å². The summed E-state index contributed by atoms with van der Waals surface area (Å²) in [5.74, 6) is -19.8. The zero-order valence-electron chi connectivity index (χ0n) is 131. The second-order valence-corrected chi connectivity index (χ2v) is 33.1. The SMILES string of the molecule is [2H]C1([2H])Oc2ccc([C@]3([2H])c4[nH]c5ccccc5c4C[C@]4([2H])C(=O)N(C([2H])([2H])[2H])C([2H])([2H])C(=O)N34)cc2O1.[2H]c1c([2H])c([2H])c2c3c([nH]c2c1[2H])[C@@]([2H])(c1ccc2c(c1)OC([2H])([2H])O2)N1C(=O)C([2H])([2H])N(C([2H])([2H])[2H])C(=O)[C@@]1([2H])C3.[2H]c1c([2H])c([C@]2([2H])c3[nH]c4c([2H])c([2H])c([2H])c([2H])c4c3C[C@]3([2H])C(=O)N(C([2H])([2H])[2H])C([2H])([2H])C(=O)N23)c([2H])c2c1OCO2.[2H]c1c([2H])c([C@]2([2H])c3[nH]c4ccccc4c3C[C@]3([2H])C(=O)N(C([2H])([2H])[2H])C([2H])([2H])C(=O)N23)c([2H])c2c1OC([2H])([2H])O2.[2H]c1c([2H])c([C@]2([2H])c3[nH]c4ccccc4c3C[C@]3([2H])C(=O)N(C([2H])([2H])[2H])C([2H])([2H])C(=O)N23)c([2H])c2c1OCO2. The molecule has 20 heterocycles. The molecule has 0 saturated carbocycles. The van der Waals surface area contributed by atoms with Gasteiger partial charge in [-0.3, -0.25) is 47.9 Å². The third kappa shape index (κ3) is 14.2. The number of nitrogens with zero attached hydrogens (tertiary/aromatic N) is 10. The summed E-state index contributed by atoms with van der Waals surface area (Å²) in [4.78, 5) is 153. The van der Waals surface area contributed by atoms with E-state index in [-0.39, 0.29) is 169 Å². The quantitative estimate of drug-likeness (QED) is 0.107. The maximum absolute atomic E-state index is 14.0. The van der Waals surface area contributed by atoms with Crippen molar-refractivity contribution in [2.75, 3.05) is 101 Å². The number of ether oxygens (including phenoxy) is 10. The lowest BCUT2D eigenvalue weighted by Crippen LogP contribution is -2.62. The number of rotatable bonds is 5. The Balaban J connectivity index is 0.000000119. The number of nitrogens with one attached hydrogen (secondary N) is 5. The van der Waals surface area contributed by atoms with Gasteiger partial charge in [0, 0.05) is 171 Å². The number of fused-ring (bicyclic) bond motifs is 25. The number of H-pyrrole nitrogens is 5. The number of carbonyl (C=O) groups is 10. The fourth-order valence-corrected chi connectivity index (χ4v) is 19.1. The fraction of sp³-hybridized carbons (Fsp3) is 0.273. The van der Waals surface area contributed by atoms with Crippen LogP contribution in [0.1, 0.15) is 194 Å². The van der Waals surface area contributed by atoms with E-state index in [1.54, 1.807) is 72.8 Å². The molecular weight excluding hydrogens is 1850 g/mol. The Labute approximate surface area is 908 Å². The van der Waals surface area contributed by atoms with Gasteiger partial charge in [0.1, 0.15) is 38.3 Å². The number of para-hydroxylation sites is 5. The molecule has 15 aliphatic heterocycles. The molecule has 0 radical (unpaired) electrons. The maximum atomic E-state index is 14.0. The Kier molecular flexibility index (Phi) is 10.8. The van der Waals surface area contributed by atoms with E-state index in [0.717, 1.165) is 6.07 Å². The Morgan fingerprint density at radius 2 is 0.538 bits per heavy atom. The molecule has 35 heteroatoms. The van der Waals surface area contributed by atoms with Crippen molar-refractivity contribution in [2.24, 2.45) is 0 Å². The number of likely N-dealkylation sites (N-methyl/N-ethyl adjacent to an activating group) is 5. The number of hydrogen-bond donors (Lipinski definition) is 5. The van der Waals surface area contributed by atoms with Crippen LogP contribution in [-0.2, 0) is 80.0 Å². The summed E-state index contributed by atoms with van der Waals surface area (Å²) in [7, 11) is 0. The van der Waals surface area contributed by atoms with Crippen LogP contribution < -0.4 is 47.4 Å². The molecule has 15 aromatic rings. The molecule has 10 amide bonds. The summed E-state index contributed by atoms with van der Waals surface area (Å²) >= 11 is 0. The van der Waals surface area contributed by atoms with Gasteiger partial charge in [0.05, 0.1) is 113 Å². The van der Waals surface area contributed by atoms with Crippen molar-refractivity contribution in [2.45, 2.75) is 92.3 Å². The van der Waals surface area contributed by atoms with E-state index >= 15 is 0 Å². The van der Waals surface area contributed by atoms with E-state index in [1.165, 1.54) is 30.3 Å². The predicted octanol–water partition coefficient (Wildman–Crippen LogP) is 11.1. The fourth-order valence-electron chi connectivity index (χ4n) is 19.1. The van der Waals surface area contributed by atoms with E-state index in [4.69, 9.17) is 113 Å². The molecule has 0 unspecified atom stereocenters. The van der Waals surface area contributed by atoms with E-state index in [9.17, 15) is 61.7 Å². The Morgan fingerprint density at radius 1 is 0.276 bits per heavy atom. The lowest BCUT2D eigenvalue weighted by Gasteiger charge is -2.46. The lowest BCUT2D eigenvalue weighted by atomic mass is 9.86. The predicted molar refractivity (Wildman–Crippen MR) is 523 cm³/mol. The molecule has 10 atom stereocenters. The minimum atomic E-state index is -3.67. The average Bonchev–Trinajstić information content (AvgIpc) is 1.05. The van der Waals surface area contributed by atoms with Crippen molar-refractivity contribution in [1.29, 1.82) is 0 Å². The summed E-state index contributed by atoms with van der Waals surface area (Å²) in [6.07, 6.45) is -3.61. The van der Waals surface area contributed by atoms with E-state index in [1.807, 2.05) is 0 Å². The van der Waals surface area contributed by atoms with Gasteiger partial charge in [0.2, 0.25) is 92.9 Å². The summed E-state index contributed by atoms with van der Waals surface area (Å²) in [6, 6.07) is -14.0. The van der Waals surface area contributed by atoms with Crippen molar-refractivity contribution in [3.8, 4) is 57.5 Å². The zero-order chi connectivity index (χ0) is 149. The van der Waals surface area contributed by atoms with E-state index in [0.29, 0.717) is 43.2 Å². The number of amides is 10. The highest BCUT2D eigenvalue weighted by Gasteiger charge is 2.55. The summed E-state index contributed by atoms with van der Waals surface area (Å²) in [5, 5.41) is 0.848. The lowest BCUT2D eigenvalue weighted by molar-refractivity contribution is -0.157. The largest absolute Gasteiger partial charge is 0.454 e. The normalized spacial score (nSPS) is 36.9. The first kappa shape index (κ1) is 46.1. The summed E-state index contributed by atoms with van der Waals surface area (Å²) < 4.78 is 537. The third-order valence-electron chi connectivity index (χ3n) is 25.3. The second-order valence-electron chi connectivity index (χ2n) is 33.1. The number of aromatic nitrogens is 5. The highest BCUT2D eigenvalue weighted by Crippen LogP contribution is 2.53. The van der Waals surface area contributed by atoms with Gasteiger partial charge in [-0.05, 0) is 146 Å². The molecule has 30 rings (SSSR count). The average molecular weight is 2010 g/mol. The monoisotopic (exact) mass is 2000 g/mol. The topological polar surface area (TPSA) is 374 Å². The molecule has 730 valence electrons. The van der Waals surface area contributed by atoms with Crippen molar-refractivity contribution < 1.29 is 175 Å². The number of carbonyl (C=O) groups excluding carboxylic acids is 10. The van der Waals surface area contributed by atoms with Crippen LogP contribution in [0.5, 0.6) is 57.5 Å². The summed E-state index contributed by atoms with van der Waals surface area (Å²) in [5.41, 5.74) is -2.92. The molecular formula is C110H95N15O20. The second kappa shape index (κ2) is 33.9. The van der Waals surface area contributed by atoms with Gasteiger partial charge < -0.3 is 121 Å². The Morgan fingerprint density at radius 3 is 0.869 bits per heavy atom. The standard InChI is InChI=1S/5C22H19N3O4/c5*1-24-10-19(26)25-16(22(24)27)9-14-13-4-2-3-5-15(13)23-20(14)21(25)12-6-7-17-18(8-12)29-11-28-17/h5*2-8,16,21,23H,9-11H2,1H3/t5*16-,21-/m11111/s1/i1D3,2D,3D,4D,5D,6D,7D,8D,10D2,16D,21D;1D3,2D,3D,4D,5D,10D2,11D2,16D,21D;1D3,6D,7D,8D,10D2,11D2,16D,21D;1D3,6D,7D,8D,10D2,16D,21D;1D3,10D2,11D2,16D,21D. The first-order valence-corrected chi connectivity index (χ1v) is 43.2. The van der Waals surface area contributed by atoms with Gasteiger partial charge in [0.15, 0.2) is 57.5 Å². The minimum Gasteiger partial charge on any atom is -0.454 e. The van der Waals surface area contributed by atoms with Crippen molar-refractivity contribution in [3.63, 3.8) is 0 Å². The first-order chi connectivity index (χ1) is 93.3. The number of aromatic amines is 5. The molecule has 5 saturated heterocycles. The van der Waals surface area contributed by atoms with Crippen LogP contribution in [-0.4, -0.2) is 264 Å². The van der Waals surface area contributed by atoms with Crippen LogP contribution in [0.2, 0.25) is 0 Å². The molecule has 145 heavy (non-hydrogen) atoms. The van der Waals surface area contributed by atoms with Crippen LogP contribution in [0.25, 0.3) is 54.5 Å². The Bertz CT molecular complexity index is 11300. The molecule has 35 nitrogen and oxygen atoms in total. The Hall–Kier alpha value is -17.4. The summed E-state index contributed by atoms with van der Waals surface area (Å²) in [6.45, 7) is -44.0. The minimum absolute atomic E-state index is 0.0112. The van der Waals surface area contributed by atoms with Crippen molar-refractivity contribution >= 4 is 114 Å². The van der Waals surface area contributed by atoms with Crippen LogP contribution in [0.4, 0.5) is 0 Å². The van der Waals surface area contributed by atoms with Crippen LogP contribution in [0.3, 0.4) is 0 Å². The molecule has 0 aliphatic carbocycles. The molecule has 5 fully saturated rings. The van der Waals surface area contributed by atoms with Gasteiger partial charge in [-0.25, -0.2) is 0 Å². The maximum Gasteiger partial charge on any atom is 0.245 e. The number of benzene rings is 10. The van der Waals surface area contributed by atoms with Crippen molar-refractivity contribution in [3.05, 3.63) is 296 Å². The molecule has 5 N–H and O–H groups in total. The molecule has 15 aliphatic rings. The highest BCUT2D eigenvalue weighted by molar-refractivity contribution is 6.03. The third-order valence-corrected chi connectivity index (χ3v) is 25.3. The van der Waals surface area contributed by atoms with Crippen molar-refractivity contribution in [1.82, 2.24) is 73.9 Å². The highest BCUT2D eigenvalue weighted by atomic mass is 16.7. The number of hydrogen-bond acceptors (Lipinski definition) is 20. The van der Waals surface area contributed by atoms with E-state index < -0.39 is 388 Å². The molecule has 0 spiro atoms. The van der Waals surface area contributed by atoms with Gasteiger partial charge in [-0.2, -0.15) is 0 Å². The number of piperazine rings is 5. The van der Waals surface area contributed by atoms with Gasteiger partial charge in [-0.15, -0.1) is 0 Å². The van der Waals surface area contributed by atoms with Crippen LogP contribution >= 0.6 is 0 Å². The van der Waals surface area contributed by atoms with E-state index in [2.05, 4.69) is 24.9 Å². The van der Waals surface area contributed by atoms with Crippen LogP contribution in [0, 0.1) is 0 Å². The van der Waals surface area contributed by atoms with Gasteiger partial charge in [-0.1, -0.05) is 121 Å². The molecule has 5 aromatic heterocycles. The smallest absolute Gasteiger partial charge is 0.245 e. The van der Waals surface area contributed by atoms with Crippen LogP contribution in [0.15, 0.2) is 212 Å². The molecule has 0 bridgehead atoms. The first-order valence-electron chi connectivity index (χ1n) is 72.2. The molecule has 10 aromatic carbocycles.